The number of amides is 1. The van der Waals surface area contributed by atoms with Gasteiger partial charge in [0.15, 0.2) is 0 Å². The number of hydrogen-bond acceptors (Lipinski definition) is 4. The maximum Gasteiger partial charge on any atom is 0.240 e. The van der Waals surface area contributed by atoms with Crippen LogP contribution >= 0.6 is 22.9 Å². The van der Waals surface area contributed by atoms with E-state index in [0.717, 1.165) is 41.4 Å². The summed E-state index contributed by atoms with van der Waals surface area (Å²) in [4.78, 5) is 17.0. The predicted octanol–water partition coefficient (Wildman–Crippen LogP) is 4.23. The molecule has 1 amide bonds. The Kier molecular flexibility index (Phi) is 5.57. The molecule has 4 rings (SSSR count). The summed E-state index contributed by atoms with van der Waals surface area (Å²) in [5, 5.41) is 6.58. The summed E-state index contributed by atoms with van der Waals surface area (Å²) < 4.78 is 7.47. The van der Waals surface area contributed by atoms with Crippen LogP contribution in [0, 0.1) is 0 Å². The van der Waals surface area contributed by atoms with Crippen molar-refractivity contribution >= 4 is 28.8 Å². The Bertz CT molecular complexity index is 913. The van der Waals surface area contributed by atoms with Crippen LogP contribution in [0.2, 0.25) is 5.02 Å². The highest BCUT2D eigenvalue weighted by atomic mass is 35.5. The second-order valence-corrected chi connectivity index (χ2v) is 7.80. The normalized spacial score (nSPS) is 16.6. The molecule has 0 radical (unpaired) electrons. The first-order valence-electron chi connectivity index (χ1n) is 8.94. The van der Waals surface area contributed by atoms with Crippen molar-refractivity contribution in [2.45, 2.75) is 25.5 Å². The van der Waals surface area contributed by atoms with Gasteiger partial charge in [0.25, 0.3) is 0 Å². The summed E-state index contributed by atoms with van der Waals surface area (Å²) in [7, 11) is 0. The van der Waals surface area contributed by atoms with Crippen LogP contribution in [-0.4, -0.2) is 34.7 Å². The summed E-state index contributed by atoms with van der Waals surface area (Å²) in [6, 6.07) is 11.6. The molecule has 5 nitrogen and oxygen atoms in total. The number of carbonyl (C=O) groups is 1. The minimum absolute atomic E-state index is 0.0163. The second kappa shape index (κ2) is 8.25. The summed E-state index contributed by atoms with van der Waals surface area (Å²) in [6.07, 6.45) is 4.15. The number of aromatic nitrogens is 2. The van der Waals surface area contributed by atoms with Crippen LogP contribution in [0.15, 0.2) is 48.0 Å². The second-order valence-electron chi connectivity index (χ2n) is 6.51. The number of nitrogens with zero attached hydrogens (tertiary/aromatic N) is 2. The number of benzene rings is 1. The lowest BCUT2D eigenvalue weighted by Crippen LogP contribution is -2.34. The molecular weight excluding hydrogens is 382 g/mol. The van der Waals surface area contributed by atoms with E-state index in [0.29, 0.717) is 11.6 Å². The lowest BCUT2D eigenvalue weighted by Gasteiger charge is -2.12. The van der Waals surface area contributed by atoms with E-state index < -0.39 is 0 Å². The predicted molar refractivity (Wildman–Crippen MR) is 108 cm³/mol. The van der Waals surface area contributed by atoms with E-state index in [2.05, 4.69) is 5.32 Å². The van der Waals surface area contributed by atoms with Gasteiger partial charge in [-0.1, -0.05) is 23.7 Å². The Morgan fingerprint density at radius 1 is 1.33 bits per heavy atom. The molecule has 3 heterocycles. The lowest BCUT2D eigenvalue weighted by molar-refractivity contribution is -0.122. The molecule has 140 valence electrons. The number of halogens is 1. The molecule has 27 heavy (non-hydrogen) atoms. The van der Waals surface area contributed by atoms with Gasteiger partial charge in [-0.05, 0) is 37.1 Å². The summed E-state index contributed by atoms with van der Waals surface area (Å²) >= 11 is 7.52. The van der Waals surface area contributed by atoms with E-state index in [-0.39, 0.29) is 18.6 Å². The van der Waals surface area contributed by atoms with E-state index >= 15 is 0 Å². The van der Waals surface area contributed by atoms with Crippen molar-refractivity contribution in [3.63, 3.8) is 0 Å². The average molecular weight is 402 g/mol. The van der Waals surface area contributed by atoms with E-state index in [1.807, 2.05) is 52.5 Å². The van der Waals surface area contributed by atoms with Crippen molar-refractivity contribution in [1.82, 2.24) is 14.9 Å². The van der Waals surface area contributed by atoms with Crippen LogP contribution in [0.1, 0.15) is 12.8 Å². The van der Waals surface area contributed by atoms with Gasteiger partial charge in [-0.25, -0.2) is 4.98 Å². The Labute approximate surface area is 167 Å². The van der Waals surface area contributed by atoms with Crippen molar-refractivity contribution in [3.8, 4) is 22.0 Å². The third-order valence-electron chi connectivity index (χ3n) is 4.56. The molecule has 1 N–H and O–H groups in total. The fourth-order valence-corrected chi connectivity index (χ4v) is 4.13. The Morgan fingerprint density at radius 3 is 2.96 bits per heavy atom. The summed E-state index contributed by atoms with van der Waals surface area (Å²) in [5.41, 5.74) is 2.86. The maximum absolute atomic E-state index is 12.3. The highest BCUT2D eigenvalue weighted by Crippen LogP contribution is 2.29. The van der Waals surface area contributed by atoms with Crippen LogP contribution in [0.4, 0.5) is 0 Å². The molecule has 1 saturated heterocycles. The molecule has 1 atom stereocenters. The quantitative estimate of drug-likeness (QED) is 0.672. The third-order valence-corrected chi connectivity index (χ3v) is 5.67. The van der Waals surface area contributed by atoms with Gasteiger partial charge in [0, 0.05) is 35.3 Å². The third kappa shape index (κ3) is 4.40. The standard InChI is InChI=1S/C20H20ClN3O2S/c21-15-7-5-14(6-8-15)17-13-27-20(23-17)18-4-1-9-24(18)12-19(25)22-11-16-3-2-10-26-16/h1,4-9,13,16H,2-3,10-12H2,(H,22,25). The Hall–Kier alpha value is -2.15. The van der Waals surface area contributed by atoms with Gasteiger partial charge in [-0.15, -0.1) is 11.3 Å². The van der Waals surface area contributed by atoms with Gasteiger partial charge in [0.05, 0.1) is 17.5 Å². The molecule has 3 aromatic rings. The molecule has 1 aliphatic heterocycles. The molecule has 0 saturated carbocycles. The van der Waals surface area contributed by atoms with Crippen molar-refractivity contribution in [1.29, 1.82) is 0 Å². The Balaban J connectivity index is 1.44. The zero-order valence-electron chi connectivity index (χ0n) is 14.7. The number of hydrogen-bond donors (Lipinski definition) is 1. The molecule has 0 aliphatic carbocycles. The maximum atomic E-state index is 12.3. The van der Waals surface area contributed by atoms with E-state index in [1.165, 1.54) is 0 Å². The van der Waals surface area contributed by atoms with E-state index in [4.69, 9.17) is 21.3 Å². The largest absolute Gasteiger partial charge is 0.376 e. The molecular formula is C20H20ClN3O2S. The summed E-state index contributed by atoms with van der Waals surface area (Å²) in [5.74, 6) is -0.0163. The number of thiazole rings is 1. The van der Waals surface area contributed by atoms with Crippen LogP contribution < -0.4 is 5.32 Å². The van der Waals surface area contributed by atoms with Gasteiger partial charge in [0.2, 0.25) is 5.91 Å². The minimum Gasteiger partial charge on any atom is -0.376 e. The van der Waals surface area contributed by atoms with Crippen molar-refractivity contribution in [2.75, 3.05) is 13.2 Å². The first kappa shape index (κ1) is 18.2. The van der Waals surface area contributed by atoms with Gasteiger partial charge >= 0.3 is 0 Å². The number of carbonyl (C=O) groups excluding carboxylic acids is 1. The van der Waals surface area contributed by atoms with Crippen molar-refractivity contribution < 1.29 is 9.53 Å². The fourth-order valence-electron chi connectivity index (χ4n) is 3.13. The Morgan fingerprint density at radius 2 is 2.19 bits per heavy atom. The van der Waals surface area contributed by atoms with E-state index in [1.54, 1.807) is 11.3 Å². The molecule has 1 unspecified atom stereocenters. The molecule has 0 bridgehead atoms. The fraction of sp³-hybridized carbons (Fsp3) is 0.300. The molecule has 2 aromatic heterocycles. The van der Waals surface area contributed by atoms with Gasteiger partial charge in [-0.3, -0.25) is 4.79 Å². The topological polar surface area (TPSA) is 56.2 Å². The first-order chi connectivity index (χ1) is 13.2. The van der Waals surface area contributed by atoms with Crippen LogP contribution in [0.25, 0.3) is 22.0 Å². The zero-order chi connectivity index (χ0) is 18.6. The molecule has 1 aliphatic rings. The van der Waals surface area contributed by atoms with Gasteiger partial charge in [0.1, 0.15) is 11.6 Å². The van der Waals surface area contributed by atoms with Gasteiger partial charge in [-0.2, -0.15) is 0 Å². The molecule has 1 aromatic carbocycles. The van der Waals surface area contributed by atoms with Crippen molar-refractivity contribution in [2.24, 2.45) is 0 Å². The van der Waals surface area contributed by atoms with Gasteiger partial charge < -0.3 is 14.6 Å². The van der Waals surface area contributed by atoms with Crippen LogP contribution in [0.5, 0.6) is 0 Å². The smallest absolute Gasteiger partial charge is 0.240 e. The monoisotopic (exact) mass is 401 g/mol. The number of ether oxygens (including phenoxy) is 1. The SMILES string of the molecule is O=C(Cn1cccc1-c1nc(-c2ccc(Cl)cc2)cs1)NCC1CCCO1. The van der Waals surface area contributed by atoms with Crippen LogP contribution in [0.3, 0.4) is 0 Å². The zero-order valence-corrected chi connectivity index (χ0v) is 16.3. The van der Waals surface area contributed by atoms with E-state index in [9.17, 15) is 4.79 Å². The molecule has 7 heteroatoms. The van der Waals surface area contributed by atoms with Crippen molar-refractivity contribution in [3.05, 3.63) is 53.0 Å². The highest BCUT2D eigenvalue weighted by Gasteiger charge is 2.17. The average Bonchev–Trinajstić information content (AvgIpc) is 3.42. The minimum atomic E-state index is -0.0163. The lowest BCUT2D eigenvalue weighted by atomic mass is 10.2. The van der Waals surface area contributed by atoms with Crippen LogP contribution in [-0.2, 0) is 16.1 Å². The molecule has 1 fully saturated rings. The summed E-state index contributed by atoms with van der Waals surface area (Å²) in [6.45, 7) is 1.64. The number of rotatable bonds is 6. The highest BCUT2D eigenvalue weighted by molar-refractivity contribution is 7.13. The number of nitrogens with one attached hydrogen (secondary N) is 1. The first-order valence-corrected chi connectivity index (χ1v) is 10.2. The molecule has 0 spiro atoms.